The van der Waals surface area contributed by atoms with E-state index in [1.54, 1.807) is 0 Å². The van der Waals surface area contributed by atoms with Crippen molar-refractivity contribution in [3.05, 3.63) is 94.5 Å². The van der Waals surface area contributed by atoms with Gasteiger partial charge in [-0.25, -0.2) is 0 Å². The van der Waals surface area contributed by atoms with Gasteiger partial charge in [-0.3, -0.25) is 4.90 Å². The molecule has 6 rings (SSSR count). The van der Waals surface area contributed by atoms with Gasteiger partial charge in [0.15, 0.2) is 0 Å². The van der Waals surface area contributed by atoms with Crippen molar-refractivity contribution in [2.24, 2.45) is 0 Å². The molecule has 3 nitrogen and oxygen atoms in total. The molecule has 0 radical (unpaired) electrons. The van der Waals surface area contributed by atoms with Crippen LogP contribution in [0.1, 0.15) is 34.9 Å². The summed E-state index contributed by atoms with van der Waals surface area (Å²) in [6.45, 7) is 4.52. The van der Waals surface area contributed by atoms with Gasteiger partial charge >= 0.3 is 0 Å². The van der Waals surface area contributed by atoms with Crippen LogP contribution < -0.4 is 4.90 Å². The molecule has 3 aliphatic rings. The number of nitrogens with zero attached hydrogens (tertiary/aromatic N) is 2. The summed E-state index contributed by atoms with van der Waals surface area (Å²) in [6, 6.07) is 26.1. The first kappa shape index (κ1) is 19.4. The fourth-order valence-electron chi connectivity index (χ4n) is 5.40. The molecule has 3 unspecified atom stereocenters. The summed E-state index contributed by atoms with van der Waals surface area (Å²) in [4.78, 5) is 4.99. The smallest absolute Gasteiger partial charge is 0.0881 e. The zero-order valence-electron chi connectivity index (χ0n) is 17.6. The molecule has 2 fully saturated rings. The maximum atomic E-state index is 6.47. The van der Waals surface area contributed by atoms with E-state index in [4.69, 9.17) is 16.3 Å². The second-order valence-electron chi connectivity index (χ2n) is 9.03. The molecule has 31 heavy (non-hydrogen) atoms. The van der Waals surface area contributed by atoms with Crippen LogP contribution in [0.15, 0.2) is 72.8 Å². The molecular weight excluding hydrogens is 404 g/mol. The number of halogens is 1. The Morgan fingerprint density at radius 2 is 1.65 bits per heavy atom. The van der Waals surface area contributed by atoms with E-state index < -0.39 is 0 Å². The van der Waals surface area contributed by atoms with Crippen molar-refractivity contribution in [3.8, 4) is 0 Å². The van der Waals surface area contributed by atoms with Crippen molar-refractivity contribution in [2.45, 2.75) is 30.9 Å². The maximum Gasteiger partial charge on any atom is 0.0881 e. The first-order valence-electron chi connectivity index (χ1n) is 11.3. The van der Waals surface area contributed by atoms with Crippen molar-refractivity contribution in [1.82, 2.24) is 4.90 Å². The van der Waals surface area contributed by atoms with E-state index in [1.165, 1.54) is 34.5 Å². The van der Waals surface area contributed by atoms with Crippen LogP contribution in [-0.4, -0.2) is 37.2 Å². The molecular formula is C27H27ClN2O. The molecule has 0 bridgehead atoms. The Balaban J connectivity index is 1.29. The van der Waals surface area contributed by atoms with Gasteiger partial charge in [-0.05, 0) is 53.1 Å². The van der Waals surface area contributed by atoms with Gasteiger partial charge in [0.25, 0.3) is 0 Å². The highest BCUT2D eigenvalue weighted by molar-refractivity contribution is 6.31. The zero-order chi connectivity index (χ0) is 20.8. The highest BCUT2D eigenvalue weighted by Crippen LogP contribution is 2.61. The lowest BCUT2D eigenvalue weighted by atomic mass is 10.0. The molecule has 1 saturated heterocycles. The van der Waals surface area contributed by atoms with Crippen molar-refractivity contribution >= 4 is 23.0 Å². The molecule has 4 heteroatoms. The molecule has 3 aromatic carbocycles. The van der Waals surface area contributed by atoms with Crippen molar-refractivity contribution in [3.63, 3.8) is 0 Å². The third-order valence-electron chi connectivity index (χ3n) is 6.96. The summed E-state index contributed by atoms with van der Waals surface area (Å²) in [5.41, 5.74) is 6.84. The van der Waals surface area contributed by atoms with Gasteiger partial charge in [-0.1, -0.05) is 66.2 Å². The van der Waals surface area contributed by atoms with Crippen LogP contribution in [0, 0.1) is 0 Å². The SMILES string of the molecule is Clc1ccc2c(c1)N(CC1CN(Cc3ccccc3)CCO1)c1ccccc1C1CC21. The molecule has 1 aliphatic carbocycles. The standard InChI is InChI=1S/C27H27ClN2O/c28-20-10-11-23-25-15-24(25)22-8-4-5-9-26(22)30(27(23)14-20)18-21-17-29(12-13-31-21)16-19-6-2-1-3-7-19/h1-11,14,21,24-25H,12-13,15-18H2. The molecule has 0 aromatic heterocycles. The van der Waals surface area contributed by atoms with Gasteiger partial charge in [-0.15, -0.1) is 0 Å². The van der Waals surface area contributed by atoms with Gasteiger partial charge in [0.2, 0.25) is 0 Å². The van der Waals surface area contributed by atoms with Crippen molar-refractivity contribution in [2.75, 3.05) is 31.1 Å². The summed E-state index contributed by atoms with van der Waals surface area (Å²) in [6.07, 6.45) is 1.40. The van der Waals surface area contributed by atoms with E-state index in [9.17, 15) is 0 Å². The second kappa shape index (κ2) is 7.98. The van der Waals surface area contributed by atoms with Gasteiger partial charge in [0, 0.05) is 36.0 Å². The summed E-state index contributed by atoms with van der Waals surface area (Å²) < 4.78 is 6.27. The Kier molecular flexibility index (Phi) is 4.98. The molecule has 2 heterocycles. The first-order chi connectivity index (χ1) is 15.3. The Morgan fingerprint density at radius 3 is 2.52 bits per heavy atom. The van der Waals surface area contributed by atoms with Crippen LogP contribution in [-0.2, 0) is 11.3 Å². The van der Waals surface area contributed by atoms with Gasteiger partial charge in [-0.2, -0.15) is 0 Å². The average molecular weight is 431 g/mol. The van der Waals surface area contributed by atoms with E-state index in [0.717, 1.165) is 37.8 Å². The summed E-state index contributed by atoms with van der Waals surface area (Å²) in [7, 11) is 0. The third-order valence-corrected chi connectivity index (χ3v) is 7.19. The summed E-state index contributed by atoms with van der Waals surface area (Å²) in [5, 5.41) is 0.801. The van der Waals surface area contributed by atoms with Crippen molar-refractivity contribution in [1.29, 1.82) is 0 Å². The van der Waals surface area contributed by atoms with E-state index in [-0.39, 0.29) is 6.10 Å². The Labute approximate surface area is 189 Å². The van der Waals surface area contributed by atoms with Gasteiger partial charge in [0.05, 0.1) is 19.3 Å². The molecule has 3 atom stereocenters. The van der Waals surface area contributed by atoms with Crippen LogP contribution in [0.2, 0.25) is 5.02 Å². The van der Waals surface area contributed by atoms with E-state index in [0.29, 0.717) is 11.8 Å². The number of ether oxygens (including phenoxy) is 1. The minimum Gasteiger partial charge on any atom is -0.374 e. The molecule has 0 amide bonds. The summed E-state index contributed by atoms with van der Waals surface area (Å²) in [5.74, 6) is 1.24. The van der Waals surface area contributed by atoms with Crippen LogP contribution in [0.5, 0.6) is 0 Å². The molecule has 0 spiro atoms. The number of hydrogen-bond acceptors (Lipinski definition) is 3. The predicted molar refractivity (Wildman–Crippen MR) is 126 cm³/mol. The Bertz CT molecular complexity index is 1090. The quantitative estimate of drug-likeness (QED) is 0.507. The first-order valence-corrected chi connectivity index (χ1v) is 11.7. The van der Waals surface area contributed by atoms with E-state index in [2.05, 4.69) is 76.5 Å². The van der Waals surface area contributed by atoms with Crippen LogP contribution in [0.25, 0.3) is 0 Å². The largest absolute Gasteiger partial charge is 0.374 e. The van der Waals surface area contributed by atoms with Gasteiger partial charge < -0.3 is 9.64 Å². The third kappa shape index (κ3) is 3.76. The number of benzene rings is 3. The Hall–Kier alpha value is -2.33. The molecule has 1 saturated carbocycles. The zero-order valence-corrected chi connectivity index (χ0v) is 18.3. The maximum absolute atomic E-state index is 6.47. The van der Waals surface area contributed by atoms with E-state index >= 15 is 0 Å². The highest BCUT2D eigenvalue weighted by Gasteiger charge is 2.45. The van der Waals surface area contributed by atoms with Gasteiger partial charge in [0.1, 0.15) is 0 Å². The normalized spacial score (nSPS) is 24.7. The monoisotopic (exact) mass is 430 g/mol. The highest BCUT2D eigenvalue weighted by atomic mass is 35.5. The van der Waals surface area contributed by atoms with Crippen LogP contribution in [0.4, 0.5) is 11.4 Å². The van der Waals surface area contributed by atoms with Crippen molar-refractivity contribution < 1.29 is 4.74 Å². The topological polar surface area (TPSA) is 15.7 Å². The minimum atomic E-state index is 0.159. The number of morpholine rings is 1. The minimum absolute atomic E-state index is 0.159. The van der Waals surface area contributed by atoms with Crippen LogP contribution in [0.3, 0.4) is 0 Å². The fraction of sp³-hybridized carbons (Fsp3) is 0.333. The van der Waals surface area contributed by atoms with E-state index in [1.807, 2.05) is 6.07 Å². The number of para-hydroxylation sites is 1. The van der Waals surface area contributed by atoms with Crippen LogP contribution >= 0.6 is 11.6 Å². The number of hydrogen-bond donors (Lipinski definition) is 0. The second-order valence-corrected chi connectivity index (χ2v) is 9.47. The lowest BCUT2D eigenvalue weighted by Crippen LogP contribution is -2.46. The predicted octanol–water partition coefficient (Wildman–Crippen LogP) is 5.96. The fourth-order valence-corrected chi connectivity index (χ4v) is 5.57. The molecule has 2 aliphatic heterocycles. The Morgan fingerprint density at radius 1 is 0.871 bits per heavy atom. The average Bonchev–Trinajstić information content (AvgIpc) is 3.59. The number of anilines is 2. The molecule has 0 N–H and O–H groups in total. The lowest BCUT2D eigenvalue weighted by molar-refractivity contribution is -0.0259. The number of rotatable bonds is 4. The molecule has 158 valence electrons. The lowest BCUT2D eigenvalue weighted by Gasteiger charge is -2.37. The number of fused-ring (bicyclic) bond motifs is 5. The summed E-state index contributed by atoms with van der Waals surface area (Å²) >= 11 is 6.47. The molecule has 3 aromatic rings.